The van der Waals surface area contributed by atoms with Gasteiger partial charge >= 0.3 is 5.97 Å². The van der Waals surface area contributed by atoms with Gasteiger partial charge in [0.1, 0.15) is 12.4 Å². The van der Waals surface area contributed by atoms with Gasteiger partial charge in [-0.3, -0.25) is 0 Å². The number of methoxy groups -OCH3 is 1. The molecular weight excluding hydrogens is 228 g/mol. The van der Waals surface area contributed by atoms with Crippen molar-refractivity contribution in [2.24, 2.45) is 0 Å². The molecule has 1 aromatic rings. The summed E-state index contributed by atoms with van der Waals surface area (Å²) < 4.78 is 9.79. The summed E-state index contributed by atoms with van der Waals surface area (Å²) in [5.74, 6) is 0.695. The highest BCUT2D eigenvalue weighted by atomic mass is 35.5. The van der Waals surface area contributed by atoms with Gasteiger partial charge in [0.15, 0.2) is 0 Å². The summed E-state index contributed by atoms with van der Waals surface area (Å²) in [6.07, 6.45) is 3.05. The molecule has 0 N–H and O–H groups in total. The van der Waals surface area contributed by atoms with E-state index in [1.165, 1.54) is 6.08 Å². The van der Waals surface area contributed by atoms with E-state index in [0.29, 0.717) is 5.88 Å². The summed E-state index contributed by atoms with van der Waals surface area (Å²) in [6.45, 7) is 0.230. The topological polar surface area (TPSA) is 35.5 Å². The van der Waals surface area contributed by atoms with Gasteiger partial charge in [0, 0.05) is 6.08 Å². The van der Waals surface area contributed by atoms with Crippen LogP contribution in [0.3, 0.4) is 0 Å². The van der Waals surface area contributed by atoms with Crippen molar-refractivity contribution in [1.29, 1.82) is 0 Å². The minimum absolute atomic E-state index is 0.230. The Bertz CT molecular complexity index is 357. The molecule has 0 aliphatic carbocycles. The summed E-state index contributed by atoms with van der Waals surface area (Å²) >= 11 is 5.38. The van der Waals surface area contributed by atoms with E-state index in [2.05, 4.69) is 0 Å². The predicted octanol–water partition coefficient (Wildman–Crippen LogP) is 2.49. The van der Waals surface area contributed by atoms with Gasteiger partial charge < -0.3 is 9.47 Å². The zero-order valence-electron chi connectivity index (χ0n) is 8.98. The Labute approximate surface area is 99.6 Å². The molecule has 0 amide bonds. The first-order valence-electron chi connectivity index (χ1n) is 4.81. The molecule has 0 radical (unpaired) electrons. The highest BCUT2D eigenvalue weighted by Gasteiger charge is 1.95. The number of ether oxygens (including phenoxy) is 2. The maximum atomic E-state index is 11.1. The van der Waals surface area contributed by atoms with Gasteiger partial charge in [0.25, 0.3) is 0 Å². The first kappa shape index (κ1) is 12.6. The van der Waals surface area contributed by atoms with Crippen molar-refractivity contribution in [2.75, 3.05) is 19.6 Å². The average Bonchev–Trinajstić information content (AvgIpc) is 2.34. The number of benzene rings is 1. The zero-order valence-corrected chi connectivity index (χ0v) is 9.74. The molecule has 0 unspecified atom stereocenters. The minimum Gasteiger partial charge on any atom is -0.497 e. The number of hydrogen-bond donors (Lipinski definition) is 0. The van der Waals surface area contributed by atoms with E-state index in [1.54, 1.807) is 13.2 Å². The predicted molar refractivity (Wildman–Crippen MR) is 63.7 cm³/mol. The van der Waals surface area contributed by atoms with E-state index < -0.39 is 5.97 Å². The lowest BCUT2D eigenvalue weighted by Crippen LogP contribution is -2.02. The van der Waals surface area contributed by atoms with Crippen LogP contribution < -0.4 is 4.74 Å². The number of alkyl halides is 1. The van der Waals surface area contributed by atoms with E-state index in [-0.39, 0.29) is 6.61 Å². The van der Waals surface area contributed by atoms with Crippen molar-refractivity contribution in [3.05, 3.63) is 35.9 Å². The quantitative estimate of drug-likeness (QED) is 0.451. The van der Waals surface area contributed by atoms with Crippen molar-refractivity contribution >= 4 is 23.6 Å². The Morgan fingerprint density at radius 3 is 2.62 bits per heavy atom. The van der Waals surface area contributed by atoms with E-state index in [9.17, 15) is 4.79 Å². The summed E-state index contributed by atoms with van der Waals surface area (Å²) in [5, 5.41) is 0. The summed E-state index contributed by atoms with van der Waals surface area (Å²) in [6, 6.07) is 7.35. The molecule has 0 aliphatic heterocycles. The van der Waals surface area contributed by atoms with Gasteiger partial charge in [-0.05, 0) is 23.8 Å². The van der Waals surface area contributed by atoms with Crippen LogP contribution in [0.1, 0.15) is 5.56 Å². The third-order valence-corrected chi connectivity index (χ3v) is 2.00. The summed E-state index contributed by atoms with van der Waals surface area (Å²) in [7, 11) is 1.61. The van der Waals surface area contributed by atoms with Gasteiger partial charge in [-0.15, -0.1) is 11.6 Å². The van der Waals surface area contributed by atoms with E-state index in [0.717, 1.165) is 11.3 Å². The Morgan fingerprint density at radius 1 is 1.38 bits per heavy atom. The minimum atomic E-state index is -0.392. The molecule has 1 rings (SSSR count). The van der Waals surface area contributed by atoms with Crippen LogP contribution in [0.4, 0.5) is 0 Å². The SMILES string of the molecule is COc1ccc(/C=C/C(=O)OCCCl)cc1. The second-order valence-corrected chi connectivity index (χ2v) is 3.34. The Morgan fingerprint density at radius 2 is 2.06 bits per heavy atom. The molecule has 0 bridgehead atoms. The fraction of sp³-hybridized carbons (Fsp3) is 0.250. The normalized spacial score (nSPS) is 10.4. The third kappa shape index (κ3) is 4.36. The molecule has 0 fully saturated rings. The number of esters is 1. The number of hydrogen-bond acceptors (Lipinski definition) is 3. The maximum Gasteiger partial charge on any atom is 0.330 e. The second kappa shape index (κ2) is 6.90. The van der Waals surface area contributed by atoms with E-state index in [4.69, 9.17) is 21.1 Å². The molecule has 0 saturated heterocycles. The van der Waals surface area contributed by atoms with Crippen molar-refractivity contribution in [3.63, 3.8) is 0 Å². The van der Waals surface area contributed by atoms with Crippen LogP contribution in [0.5, 0.6) is 5.75 Å². The van der Waals surface area contributed by atoms with Gasteiger partial charge in [0.2, 0.25) is 0 Å². The van der Waals surface area contributed by atoms with Gasteiger partial charge in [-0.25, -0.2) is 4.79 Å². The van der Waals surface area contributed by atoms with Crippen LogP contribution in [0, 0.1) is 0 Å². The van der Waals surface area contributed by atoms with E-state index >= 15 is 0 Å². The van der Waals surface area contributed by atoms with Crippen LogP contribution in [-0.4, -0.2) is 25.6 Å². The molecule has 1 aromatic carbocycles. The fourth-order valence-corrected chi connectivity index (χ4v) is 1.14. The Balaban J connectivity index is 2.52. The molecule has 86 valence electrons. The fourth-order valence-electron chi connectivity index (χ4n) is 1.07. The number of halogens is 1. The molecule has 0 aliphatic rings. The Kier molecular flexibility index (Phi) is 5.43. The lowest BCUT2D eigenvalue weighted by molar-refractivity contribution is -0.137. The first-order chi connectivity index (χ1) is 7.76. The molecule has 16 heavy (non-hydrogen) atoms. The highest BCUT2D eigenvalue weighted by molar-refractivity contribution is 6.18. The van der Waals surface area contributed by atoms with Crippen molar-refractivity contribution in [1.82, 2.24) is 0 Å². The van der Waals surface area contributed by atoms with Crippen LogP contribution >= 0.6 is 11.6 Å². The van der Waals surface area contributed by atoms with Crippen molar-refractivity contribution in [2.45, 2.75) is 0 Å². The molecule has 0 atom stereocenters. The average molecular weight is 241 g/mol. The molecule has 0 aromatic heterocycles. The lowest BCUT2D eigenvalue weighted by atomic mass is 10.2. The number of rotatable bonds is 5. The standard InChI is InChI=1S/C12H13ClO3/c1-15-11-5-2-10(3-6-11)4-7-12(14)16-9-8-13/h2-7H,8-9H2,1H3/b7-4+. The third-order valence-electron chi connectivity index (χ3n) is 1.85. The molecule has 0 heterocycles. The van der Waals surface area contributed by atoms with Crippen molar-refractivity contribution < 1.29 is 14.3 Å². The molecular formula is C12H13ClO3. The smallest absolute Gasteiger partial charge is 0.330 e. The molecule has 0 spiro atoms. The maximum absolute atomic E-state index is 11.1. The Hall–Kier alpha value is -1.48. The van der Waals surface area contributed by atoms with Crippen LogP contribution in [0.2, 0.25) is 0 Å². The largest absolute Gasteiger partial charge is 0.497 e. The highest BCUT2D eigenvalue weighted by Crippen LogP contribution is 2.12. The second-order valence-electron chi connectivity index (χ2n) is 2.96. The van der Waals surface area contributed by atoms with Crippen molar-refractivity contribution in [3.8, 4) is 5.75 Å². The summed E-state index contributed by atoms with van der Waals surface area (Å²) in [4.78, 5) is 11.1. The number of carbonyl (C=O) groups is 1. The number of carbonyl (C=O) groups excluding carboxylic acids is 1. The van der Waals surface area contributed by atoms with Gasteiger partial charge in [-0.1, -0.05) is 12.1 Å². The van der Waals surface area contributed by atoms with E-state index in [1.807, 2.05) is 24.3 Å². The van der Waals surface area contributed by atoms with Gasteiger partial charge in [0.05, 0.1) is 13.0 Å². The molecule has 0 saturated carbocycles. The lowest BCUT2D eigenvalue weighted by Gasteiger charge is -1.99. The van der Waals surface area contributed by atoms with Crippen LogP contribution in [0.15, 0.2) is 30.3 Å². The van der Waals surface area contributed by atoms with Gasteiger partial charge in [-0.2, -0.15) is 0 Å². The van der Waals surface area contributed by atoms with Crippen LogP contribution in [-0.2, 0) is 9.53 Å². The zero-order chi connectivity index (χ0) is 11.8. The summed E-state index contributed by atoms with van der Waals surface area (Å²) in [5.41, 5.74) is 0.906. The van der Waals surface area contributed by atoms with Crippen LogP contribution in [0.25, 0.3) is 6.08 Å². The molecule has 4 heteroatoms. The monoisotopic (exact) mass is 240 g/mol. The molecule has 3 nitrogen and oxygen atoms in total. The first-order valence-corrected chi connectivity index (χ1v) is 5.34.